The summed E-state index contributed by atoms with van der Waals surface area (Å²) < 4.78 is 7.09. The highest BCUT2D eigenvalue weighted by Crippen LogP contribution is 2.26. The smallest absolute Gasteiger partial charge is 0.259 e. The van der Waals surface area contributed by atoms with Crippen molar-refractivity contribution in [3.63, 3.8) is 0 Å². The van der Waals surface area contributed by atoms with Gasteiger partial charge in [-0.3, -0.25) is 14.4 Å². The summed E-state index contributed by atoms with van der Waals surface area (Å²) >= 11 is 3.41. The van der Waals surface area contributed by atoms with Crippen LogP contribution in [0, 0.1) is 0 Å². The van der Waals surface area contributed by atoms with Crippen LogP contribution in [0.4, 0.5) is 0 Å². The Labute approximate surface area is 183 Å². The van der Waals surface area contributed by atoms with Crippen LogP contribution in [0.3, 0.4) is 0 Å². The van der Waals surface area contributed by atoms with E-state index in [0.29, 0.717) is 62.6 Å². The molecule has 0 N–H and O–H groups in total. The van der Waals surface area contributed by atoms with E-state index in [0.717, 1.165) is 17.1 Å². The number of pyridine rings is 1. The fourth-order valence-electron chi connectivity index (χ4n) is 3.99. The van der Waals surface area contributed by atoms with Gasteiger partial charge in [-0.05, 0) is 22.4 Å². The number of carbonyl (C=O) groups is 2. The third-order valence-corrected chi connectivity index (χ3v) is 7.29. The number of thiophene rings is 1. The van der Waals surface area contributed by atoms with Crippen molar-refractivity contribution < 1.29 is 14.3 Å². The van der Waals surface area contributed by atoms with Crippen LogP contribution in [0.2, 0.25) is 0 Å². The zero-order valence-electron chi connectivity index (χ0n) is 17.0. The lowest BCUT2D eigenvalue weighted by Gasteiger charge is -2.28. The van der Waals surface area contributed by atoms with Gasteiger partial charge < -0.3 is 19.1 Å². The van der Waals surface area contributed by atoms with Crippen LogP contribution in [-0.4, -0.2) is 71.0 Å². The molecule has 9 heteroatoms. The number of fused-ring (bicyclic) bond motifs is 1. The molecule has 0 radical (unpaired) electrons. The second-order valence-electron chi connectivity index (χ2n) is 7.37. The summed E-state index contributed by atoms with van der Waals surface area (Å²) in [6.45, 7) is 2.69. The molecule has 1 fully saturated rings. The summed E-state index contributed by atoms with van der Waals surface area (Å²) in [5, 5.41) is 3.94. The van der Waals surface area contributed by atoms with Crippen LogP contribution in [0.5, 0.6) is 5.75 Å². The molecule has 1 saturated heterocycles. The molecule has 0 bridgehead atoms. The second kappa shape index (κ2) is 9.26. The lowest BCUT2D eigenvalue weighted by molar-refractivity contribution is -0.130. The Hall–Kier alpha value is -2.26. The van der Waals surface area contributed by atoms with Gasteiger partial charge in [-0.1, -0.05) is 0 Å². The van der Waals surface area contributed by atoms with Crippen molar-refractivity contribution in [1.82, 2.24) is 14.4 Å². The van der Waals surface area contributed by atoms with Crippen LogP contribution >= 0.6 is 23.1 Å². The van der Waals surface area contributed by atoms with E-state index in [2.05, 4.69) is 0 Å². The number of amides is 2. The van der Waals surface area contributed by atoms with E-state index in [-0.39, 0.29) is 17.4 Å². The highest BCUT2D eigenvalue weighted by Gasteiger charge is 2.29. The van der Waals surface area contributed by atoms with Crippen molar-refractivity contribution in [2.75, 3.05) is 44.8 Å². The zero-order chi connectivity index (χ0) is 21.1. The highest BCUT2D eigenvalue weighted by atomic mass is 32.2. The minimum atomic E-state index is -0.195. The number of ether oxygens (including phenoxy) is 1. The molecular weight excluding hydrogens is 422 g/mol. The first-order valence-corrected chi connectivity index (χ1v) is 12.1. The lowest BCUT2D eigenvalue weighted by atomic mass is 10.1. The van der Waals surface area contributed by atoms with E-state index < -0.39 is 0 Å². The molecule has 2 aromatic rings. The molecule has 0 saturated carbocycles. The van der Waals surface area contributed by atoms with Crippen molar-refractivity contribution in [2.45, 2.75) is 19.4 Å². The van der Waals surface area contributed by atoms with E-state index in [1.54, 1.807) is 20.8 Å². The van der Waals surface area contributed by atoms with Gasteiger partial charge in [0.2, 0.25) is 5.91 Å². The van der Waals surface area contributed by atoms with Crippen molar-refractivity contribution in [3.05, 3.63) is 50.1 Å². The van der Waals surface area contributed by atoms with Gasteiger partial charge in [0.25, 0.3) is 11.5 Å². The molecule has 2 aliphatic rings. The number of hydrogen-bond acceptors (Lipinski definition) is 6. The summed E-state index contributed by atoms with van der Waals surface area (Å²) in [7, 11) is 1.49. The Morgan fingerprint density at radius 3 is 2.60 bits per heavy atom. The molecular formula is C21H25N3O4S2. The molecule has 0 aromatic carbocycles. The number of rotatable bonds is 4. The molecule has 30 heavy (non-hydrogen) atoms. The van der Waals surface area contributed by atoms with Gasteiger partial charge in [0.1, 0.15) is 11.3 Å². The van der Waals surface area contributed by atoms with Gasteiger partial charge in [-0.25, -0.2) is 0 Å². The molecule has 4 heterocycles. The molecule has 0 unspecified atom stereocenters. The average molecular weight is 448 g/mol. The van der Waals surface area contributed by atoms with E-state index in [9.17, 15) is 14.4 Å². The number of nitrogens with zero attached hydrogens (tertiary/aromatic N) is 3. The summed E-state index contributed by atoms with van der Waals surface area (Å²) in [5.74, 6) is 2.10. The van der Waals surface area contributed by atoms with Crippen LogP contribution in [0.15, 0.2) is 27.7 Å². The first kappa shape index (κ1) is 21.0. The molecule has 2 aromatic heterocycles. The summed E-state index contributed by atoms with van der Waals surface area (Å²) in [4.78, 5) is 42.5. The maximum atomic E-state index is 13.3. The molecule has 4 rings (SSSR count). The Balaban J connectivity index is 1.62. The molecule has 2 aliphatic heterocycles. The standard InChI is InChI=1S/C21H25N3O4S2/c1-28-17-13-19(26)24-6-5-22(18(25)12-15-3-9-30-14-15)4-2-16(24)20(17)21(27)23-7-10-29-11-8-23/h3,9,13-14H,2,4-8,10-12H2,1H3. The largest absolute Gasteiger partial charge is 0.496 e. The normalized spacial score (nSPS) is 16.7. The number of methoxy groups -OCH3 is 1. The summed E-state index contributed by atoms with van der Waals surface area (Å²) in [6, 6.07) is 3.36. The fourth-order valence-corrected chi connectivity index (χ4v) is 5.57. The first-order chi connectivity index (χ1) is 14.6. The van der Waals surface area contributed by atoms with Gasteiger partial charge in [0.15, 0.2) is 0 Å². The highest BCUT2D eigenvalue weighted by molar-refractivity contribution is 7.99. The van der Waals surface area contributed by atoms with Gasteiger partial charge in [-0.2, -0.15) is 23.1 Å². The maximum absolute atomic E-state index is 13.3. The van der Waals surface area contributed by atoms with Crippen LogP contribution in [0.1, 0.15) is 21.6 Å². The Morgan fingerprint density at radius 1 is 1.10 bits per heavy atom. The minimum absolute atomic E-state index is 0.0437. The monoisotopic (exact) mass is 447 g/mol. The topological polar surface area (TPSA) is 71.8 Å². The van der Waals surface area contributed by atoms with Crippen molar-refractivity contribution in [3.8, 4) is 5.75 Å². The maximum Gasteiger partial charge on any atom is 0.259 e. The third kappa shape index (κ3) is 4.27. The molecule has 7 nitrogen and oxygen atoms in total. The predicted octanol–water partition coefficient (Wildman–Crippen LogP) is 1.73. The van der Waals surface area contributed by atoms with Gasteiger partial charge in [0, 0.05) is 62.4 Å². The van der Waals surface area contributed by atoms with E-state index in [4.69, 9.17) is 4.74 Å². The Morgan fingerprint density at radius 2 is 1.90 bits per heavy atom. The van der Waals surface area contributed by atoms with Crippen molar-refractivity contribution in [2.24, 2.45) is 0 Å². The Kier molecular flexibility index (Phi) is 6.48. The van der Waals surface area contributed by atoms with E-state index in [1.165, 1.54) is 13.2 Å². The van der Waals surface area contributed by atoms with E-state index in [1.807, 2.05) is 33.5 Å². The van der Waals surface area contributed by atoms with Gasteiger partial charge in [-0.15, -0.1) is 0 Å². The fraction of sp³-hybridized carbons (Fsp3) is 0.476. The van der Waals surface area contributed by atoms with Crippen molar-refractivity contribution >= 4 is 34.9 Å². The molecule has 0 spiro atoms. The summed E-state index contributed by atoms with van der Waals surface area (Å²) in [6.07, 6.45) is 0.806. The zero-order valence-corrected chi connectivity index (χ0v) is 18.6. The van der Waals surface area contributed by atoms with E-state index >= 15 is 0 Å². The second-order valence-corrected chi connectivity index (χ2v) is 9.37. The van der Waals surface area contributed by atoms with Crippen LogP contribution < -0.4 is 10.3 Å². The predicted molar refractivity (Wildman–Crippen MR) is 119 cm³/mol. The summed E-state index contributed by atoms with van der Waals surface area (Å²) in [5.41, 5.74) is 1.95. The minimum Gasteiger partial charge on any atom is -0.496 e. The van der Waals surface area contributed by atoms with Gasteiger partial charge >= 0.3 is 0 Å². The molecule has 160 valence electrons. The number of carbonyl (C=O) groups excluding carboxylic acids is 2. The molecule has 0 atom stereocenters. The van der Waals surface area contributed by atoms with Crippen molar-refractivity contribution in [1.29, 1.82) is 0 Å². The number of thioether (sulfide) groups is 1. The molecule has 0 aliphatic carbocycles. The third-order valence-electron chi connectivity index (χ3n) is 5.61. The quantitative estimate of drug-likeness (QED) is 0.714. The van der Waals surface area contributed by atoms with Crippen LogP contribution in [-0.2, 0) is 24.2 Å². The number of hydrogen-bond donors (Lipinski definition) is 0. The van der Waals surface area contributed by atoms with Gasteiger partial charge in [0.05, 0.1) is 13.5 Å². The SMILES string of the molecule is COc1cc(=O)n2c(c1C(=O)N1CCSCC1)CCN(C(=O)Cc1ccsc1)CC2. The lowest BCUT2D eigenvalue weighted by Crippen LogP contribution is -2.39. The van der Waals surface area contributed by atoms with Crippen LogP contribution in [0.25, 0.3) is 0 Å². The Bertz CT molecular complexity index is 981. The first-order valence-electron chi connectivity index (χ1n) is 10.0. The molecule has 2 amide bonds. The number of aromatic nitrogens is 1. The average Bonchev–Trinajstić information content (AvgIpc) is 3.17.